The van der Waals surface area contributed by atoms with Crippen LogP contribution >= 0.6 is 0 Å². The van der Waals surface area contributed by atoms with Gasteiger partial charge < -0.3 is 4.90 Å². The fourth-order valence-corrected chi connectivity index (χ4v) is 4.98. The highest BCUT2D eigenvalue weighted by molar-refractivity contribution is 5.94. The minimum atomic E-state index is 0.109. The Balaban J connectivity index is 1.53. The van der Waals surface area contributed by atoms with E-state index in [0.717, 1.165) is 51.4 Å². The number of benzene rings is 3. The third kappa shape index (κ3) is 5.75. The Labute approximate surface area is 204 Å². The molecule has 1 unspecified atom stereocenters. The van der Waals surface area contributed by atoms with Gasteiger partial charge in [0.05, 0.1) is 6.04 Å². The van der Waals surface area contributed by atoms with Gasteiger partial charge in [-0.05, 0) is 49.6 Å². The number of carbonyl (C=O) groups excluding carboxylic acids is 1. The van der Waals surface area contributed by atoms with E-state index in [2.05, 4.69) is 83.5 Å². The Kier molecular flexibility index (Phi) is 8.15. The lowest BCUT2D eigenvalue weighted by Crippen LogP contribution is -2.47. The van der Waals surface area contributed by atoms with Crippen molar-refractivity contribution < 1.29 is 4.79 Å². The van der Waals surface area contributed by atoms with E-state index in [9.17, 15) is 4.79 Å². The van der Waals surface area contributed by atoms with Gasteiger partial charge in [-0.2, -0.15) is 0 Å². The molecule has 0 aliphatic carbocycles. The quantitative estimate of drug-likeness (QED) is 0.456. The minimum absolute atomic E-state index is 0.109. The second kappa shape index (κ2) is 11.5. The number of piperazine rings is 1. The van der Waals surface area contributed by atoms with Crippen molar-refractivity contribution in [3.63, 3.8) is 0 Å². The summed E-state index contributed by atoms with van der Waals surface area (Å²) in [6.07, 6.45) is 0. The molecule has 1 fully saturated rings. The smallest absolute Gasteiger partial charge is 0.253 e. The largest absolute Gasteiger partial charge is 0.339 e. The van der Waals surface area contributed by atoms with Crippen LogP contribution in [0.5, 0.6) is 0 Å². The highest BCUT2D eigenvalue weighted by Crippen LogP contribution is 2.31. The highest BCUT2D eigenvalue weighted by Gasteiger charge is 2.27. The van der Waals surface area contributed by atoms with E-state index in [-0.39, 0.29) is 11.9 Å². The van der Waals surface area contributed by atoms with Crippen molar-refractivity contribution in [2.45, 2.75) is 33.4 Å². The summed E-state index contributed by atoms with van der Waals surface area (Å²) in [6, 6.07) is 28.1. The highest BCUT2D eigenvalue weighted by atomic mass is 16.2. The topological polar surface area (TPSA) is 26.8 Å². The molecule has 4 rings (SSSR count). The third-order valence-corrected chi connectivity index (χ3v) is 6.90. The lowest BCUT2D eigenvalue weighted by Gasteiger charge is -2.40. The Hall–Kier alpha value is -2.95. The van der Waals surface area contributed by atoms with Crippen molar-refractivity contribution >= 4 is 5.91 Å². The van der Waals surface area contributed by atoms with E-state index in [0.29, 0.717) is 0 Å². The Morgan fingerprint density at radius 1 is 0.824 bits per heavy atom. The molecule has 3 aromatic rings. The molecule has 1 heterocycles. The van der Waals surface area contributed by atoms with Gasteiger partial charge in [0.15, 0.2) is 0 Å². The van der Waals surface area contributed by atoms with Crippen molar-refractivity contribution in [3.05, 3.63) is 107 Å². The third-order valence-electron chi connectivity index (χ3n) is 6.90. The van der Waals surface area contributed by atoms with Crippen LogP contribution in [0.3, 0.4) is 0 Å². The zero-order valence-corrected chi connectivity index (χ0v) is 20.8. The molecule has 178 valence electrons. The van der Waals surface area contributed by atoms with Gasteiger partial charge in [0.25, 0.3) is 5.91 Å². The average Bonchev–Trinajstić information content (AvgIpc) is 2.87. The van der Waals surface area contributed by atoms with Gasteiger partial charge in [-0.15, -0.1) is 0 Å². The average molecular weight is 456 g/mol. The standard InChI is InChI=1S/C30H37N3O/c1-4-32(5-2)30(34)27-16-14-26(15-17-27)29(28-13-9-10-24(3)22-28)33-20-18-31(19-21-33)23-25-11-7-6-8-12-25/h6-17,22,29H,4-5,18-21,23H2,1-3H3. The van der Waals surface area contributed by atoms with Crippen molar-refractivity contribution in [2.75, 3.05) is 39.3 Å². The maximum Gasteiger partial charge on any atom is 0.253 e. The number of hydrogen-bond acceptors (Lipinski definition) is 3. The Morgan fingerprint density at radius 2 is 1.50 bits per heavy atom. The first-order valence-corrected chi connectivity index (χ1v) is 12.5. The summed E-state index contributed by atoms with van der Waals surface area (Å²) in [7, 11) is 0. The summed E-state index contributed by atoms with van der Waals surface area (Å²) >= 11 is 0. The fraction of sp³-hybridized carbons (Fsp3) is 0.367. The van der Waals surface area contributed by atoms with Gasteiger partial charge in [-0.1, -0.05) is 72.3 Å². The normalized spacial score (nSPS) is 15.7. The monoisotopic (exact) mass is 455 g/mol. The molecule has 0 radical (unpaired) electrons. The van der Waals surface area contributed by atoms with Crippen LogP contribution in [0.15, 0.2) is 78.9 Å². The molecule has 1 aliphatic rings. The van der Waals surface area contributed by atoms with Gasteiger partial charge in [0.1, 0.15) is 0 Å². The first kappa shape index (κ1) is 24.2. The number of carbonyl (C=O) groups is 1. The number of nitrogens with zero attached hydrogens (tertiary/aromatic N) is 3. The number of rotatable bonds is 8. The lowest BCUT2D eigenvalue weighted by molar-refractivity contribution is 0.0773. The molecule has 0 saturated carbocycles. The molecule has 4 nitrogen and oxygen atoms in total. The predicted molar refractivity (Wildman–Crippen MR) is 140 cm³/mol. The maximum atomic E-state index is 12.8. The SMILES string of the molecule is CCN(CC)C(=O)c1ccc(C(c2cccc(C)c2)N2CCN(Cc3ccccc3)CC2)cc1. The van der Waals surface area contributed by atoms with Gasteiger partial charge in [0.2, 0.25) is 0 Å². The van der Waals surface area contributed by atoms with E-state index in [4.69, 9.17) is 0 Å². The molecule has 1 amide bonds. The van der Waals surface area contributed by atoms with E-state index in [1.165, 1.54) is 22.3 Å². The van der Waals surface area contributed by atoms with Gasteiger partial charge in [-0.3, -0.25) is 14.6 Å². The molecule has 1 atom stereocenters. The molecule has 1 saturated heterocycles. The summed E-state index contributed by atoms with van der Waals surface area (Å²) in [6.45, 7) is 12.8. The second-order valence-electron chi connectivity index (χ2n) is 9.21. The predicted octanol–water partition coefficient (Wildman–Crippen LogP) is 5.38. The first-order chi connectivity index (χ1) is 16.6. The first-order valence-electron chi connectivity index (χ1n) is 12.5. The molecule has 1 aliphatic heterocycles. The molecule has 34 heavy (non-hydrogen) atoms. The van der Waals surface area contributed by atoms with Crippen LogP contribution in [0.25, 0.3) is 0 Å². The molecule has 0 spiro atoms. The van der Waals surface area contributed by atoms with Crippen molar-refractivity contribution in [1.82, 2.24) is 14.7 Å². The molecule has 4 heteroatoms. The summed E-state index contributed by atoms with van der Waals surface area (Å²) in [5, 5.41) is 0. The Morgan fingerprint density at radius 3 is 2.12 bits per heavy atom. The van der Waals surface area contributed by atoms with Crippen LogP contribution in [-0.4, -0.2) is 59.9 Å². The van der Waals surface area contributed by atoms with E-state index >= 15 is 0 Å². The summed E-state index contributed by atoms with van der Waals surface area (Å²) in [5.41, 5.74) is 5.99. The summed E-state index contributed by atoms with van der Waals surface area (Å²) < 4.78 is 0. The number of hydrogen-bond donors (Lipinski definition) is 0. The van der Waals surface area contributed by atoms with Gasteiger partial charge in [-0.25, -0.2) is 0 Å². The molecule has 3 aromatic carbocycles. The van der Waals surface area contributed by atoms with E-state index in [1.807, 2.05) is 30.9 Å². The fourth-order valence-electron chi connectivity index (χ4n) is 4.98. The zero-order valence-electron chi connectivity index (χ0n) is 20.8. The van der Waals surface area contributed by atoms with Crippen LogP contribution in [0.1, 0.15) is 52.5 Å². The second-order valence-corrected chi connectivity index (χ2v) is 9.21. The van der Waals surface area contributed by atoms with Crippen molar-refractivity contribution in [3.8, 4) is 0 Å². The molecule has 0 N–H and O–H groups in total. The summed E-state index contributed by atoms with van der Waals surface area (Å²) in [5.74, 6) is 0.109. The molecule has 0 aromatic heterocycles. The Bertz CT molecular complexity index is 1050. The maximum absolute atomic E-state index is 12.8. The van der Waals surface area contributed by atoms with E-state index in [1.54, 1.807) is 0 Å². The molecular formula is C30H37N3O. The minimum Gasteiger partial charge on any atom is -0.339 e. The lowest BCUT2D eigenvalue weighted by atomic mass is 9.94. The van der Waals surface area contributed by atoms with Gasteiger partial charge in [0, 0.05) is 51.4 Å². The van der Waals surface area contributed by atoms with Crippen LogP contribution in [0.2, 0.25) is 0 Å². The molecule has 0 bridgehead atoms. The van der Waals surface area contributed by atoms with Crippen LogP contribution < -0.4 is 0 Å². The van der Waals surface area contributed by atoms with Crippen molar-refractivity contribution in [2.24, 2.45) is 0 Å². The van der Waals surface area contributed by atoms with Crippen LogP contribution in [-0.2, 0) is 6.54 Å². The van der Waals surface area contributed by atoms with Crippen molar-refractivity contribution in [1.29, 1.82) is 0 Å². The number of amides is 1. The zero-order chi connectivity index (χ0) is 23.9. The summed E-state index contributed by atoms with van der Waals surface area (Å²) in [4.78, 5) is 19.8. The number of aryl methyl sites for hydroxylation is 1. The van der Waals surface area contributed by atoms with Crippen LogP contribution in [0, 0.1) is 6.92 Å². The van der Waals surface area contributed by atoms with Crippen LogP contribution in [0.4, 0.5) is 0 Å². The van der Waals surface area contributed by atoms with E-state index < -0.39 is 0 Å². The van der Waals surface area contributed by atoms with Gasteiger partial charge >= 0.3 is 0 Å². The molecular weight excluding hydrogens is 418 g/mol.